The minimum atomic E-state index is -4.50. The largest absolute Gasteiger partial charge is 0.433 e. The first-order chi connectivity index (χ1) is 12.6. The van der Waals surface area contributed by atoms with Crippen molar-refractivity contribution in [2.24, 2.45) is 5.41 Å². The van der Waals surface area contributed by atoms with Gasteiger partial charge in [-0.15, -0.1) is 11.3 Å². The molecule has 1 aromatic carbocycles. The molecule has 0 aliphatic heterocycles. The summed E-state index contributed by atoms with van der Waals surface area (Å²) in [6.45, 7) is 5.45. The first kappa shape index (κ1) is 19.1. The Morgan fingerprint density at radius 2 is 1.78 bits per heavy atom. The van der Waals surface area contributed by atoms with Crippen molar-refractivity contribution in [3.63, 3.8) is 0 Å². The van der Waals surface area contributed by atoms with Crippen LogP contribution < -0.4 is 5.32 Å². The molecule has 0 aliphatic rings. The predicted molar refractivity (Wildman–Crippen MR) is 97.8 cm³/mol. The monoisotopic (exact) mass is 394 g/mol. The molecule has 0 atom stereocenters. The van der Waals surface area contributed by atoms with Crippen molar-refractivity contribution < 1.29 is 18.0 Å². The second-order valence-electron chi connectivity index (χ2n) is 6.92. The highest BCUT2D eigenvalue weighted by Gasteiger charge is 2.35. The molecule has 2 heterocycles. The Morgan fingerprint density at radius 1 is 1.11 bits per heavy atom. The highest BCUT2D eigenvalue weighted by Crippen LogP contribution is 2.32. The lowest BCUT2D eigenvalue weighted by atomic mass is 9.95. The van der Waals surface area contributed by atoms with E-state index in [0.717, 1.165) is 33.8 Å². The zero-order valence-corrected chi connectivity index (χ0v) is 15.6. The van der Waals surface area contributed by atoms with Gasteiger partial charge >= 0.3 is 6.18 Å². The number of benzene rings is 1. The van der Waals surface area contributed by atoms with Crippen LogP contribution in [0.4, 0.5) is 18.9 Å². The SMILES string of the molecule is CC(C)(C)C(=O)Nc1ccc(-c2csc(-n3nccc3C(F)(F)F)n2)cc1. The number of halogens is 3. The first-order valence-corrected chi connectivity index (χ1v) is 8.93. The minimum absolute atomic E-state index is 0.107. The van der Waals surface area contributed by atoms with Gasteiger partial charge in [-0.2, -0.15) is 18.3 Å². The molecular weight excluding hydrogens is 377 g/mol. The Hall–Kier alpha value is -2.68. The molecule has 142 valence electrons. The lowest BCUT2D eigenvalue weighted by Gasteiger charge is -2.17. The summed E-state index contributed by atoms with van der Waals surface area (Å²) in [7, 11) is 0. The van der Waals surface area contributed by atoms with Gasteiger partial charge in [-0.1, -0.05) is 32.9 Å². The van der Waals surface area contributed by atoms with E-state index in [1.165, 1.54) is 0 Å². The number of amides is 1. The Balaban J connectivity index is 1.82. The van der Waals surface area contributed by atoms with Crippen LogP contribution in [0.2, 0.25) is 0 Å². The zero-order valence-electron chi connectivity index (χ0n) is 14.8. The smallest absolute Gasteiger partial charge is 0.326 e. The van der Waals surface area contributed by atoms with Gasteiger partial charge in [0.15, 0.2) is 5.69 Å². The van der Waals surface area contributed by atoms with E-state index >= 15 is 0 Å². The second-order valence-corrected chi connectivity index (χ2v) is 7.76. The summed E-state index contributed by atoms with van der Waals surface area (Å²) in [5.74, 6) is -0.107. The van der Waals surface area contributed by atoms with Gasteiger partial charge in [-0.25, -0.2) is 9.67 Å². The van der Waals surface area contributed by atoms with Crippen molar-refractivity contribution >= 4 is 22.9 Å². The van der Waals surface area contributed by atoms with E-state index in [2.05, 4.69) is 15.4 Å². The molecule has 3 aromatic rings. The molecule has 2 aromatic heterocycles. The molecule has 0 aliphatic carbocycles. The molecule has 0 radical (unpaired) electrons. The van der Waals surface area contributed by atoms with Crippen LogP contribution in [0.25, 0.3) is 16.4 Å². The van der Waals surface area contributed by atoms with Gasteiger partial charge in [0.2, 0.25) is 11.0 Å². The molecule has 9 heteroatoms. The number of alkyl halides is 3. The number of carbonyl (C=O) groups is 1. The van der Waals surface area contributed by atoms with Gasteiger partial charge in [0.05, 0.1) is 11.9 Å². The van der Waals surface area contributed by atoms with E-state index in [1.54, 1.807) is 29.6 Å². The molecule has 1 N–H and O–H groups in total. The topological polar surface area (TPSA) is 59.8 Å². The number of anilines is 1. The summed E-state index contributed by atoms with van der Waals surface area (Å²) in [5.41, 5.74) is 0.520. The maximum absolute atomic E-state index is 13.0. The van der Waals surface area contributed by atoms with Crippen molar-refractivity contribution in [3.8, 4) is 16.4 Å². The van der Waals surface area contributed by atoms with E-state index in [-0.39, 0.29) is 11.0 Å². The van der Waals surface area contributed by atoms with Crippen LogP contribution in [0, 0.1) is 5.41 Å². The van der Waals surface area contributed by atoms with Crippen LogP contribution in [0.15, 0.2) is 41.9 Å². The quantitative estimate of drug-likeness (QED) is 0.680. The van der Waals surface area contributed by atoms with Crippen molar-refractivity contribution in [3.05, 3.63) is 47.6 Å². The molecule has 0 saturated carbocycles. The number of hydrogen-bond acceptors (Lipinski definition) is 4. The molecule has 0 saturated heterocycles. The van der Waals surface area contributed by atoms with Crippen LogP contribution in [-0.4, -0.2) is 20.7 Å². The molecule has 0 unspecified atom stereocenters. The molecule has 27 heavy (non-hydrogen) atoms. The van der Waals surface area contributed by atoms with Crippen molar-refractivity contribution in [2.45, 2.75) is 26.9 Å². The van der Waals surface area contributed by atoms with E-state index in [0.29, 0.717) is 11.4 Å². The number of hydrogen-bond donors (Lipinski definition) is 1. The summed E-state index contributed by atoms with van der Waals surface area (Å²) < 4.78 is 39.8. The fourth-order valence-corrected chi connectivity index (χ4v) is 3.01. The Kier molecular flexibility index (Phi) is 4.81. The van der Waals surface area contributed by atoms with Crippen LogP contribution in [0.3, 0.4) is 0 Å². The number of nitrogens with one attached hydrogen (secondary N) is 1. The normalized spacial score (nSPS) is 12.2. The summed E-state index contributed by atoms with van der Waals surface area (Å²) in [6.07, 6.45) is -3.41. The average Bonchev–Trinajstić information content (AvgIpc) is 3.23. The summed E-state index contributed by atoms with van der Waals surface area (Å²) in [4.78, 5) is 16.3. The van der Waals surface area contributed by atoms with Gasteiger partial charge < -0.3 is 5.32 Å². The Morgan fingerprint density at radius 3 is 2.37 bits per heavy atom. The number of nitrogens with zero attached hydrogens (tertiary/aromatic N) is 3. The van der Waals surface area contributed by atoms with Gasteiger partial charge in [-0.05, 0) is 18.2 Å². The van der Waals surface area contributed by atoms with E-state index in [9.17, 15) is 18.0 Å². The Bertz CT molecular complexity index is 952. The summed E-state index contributed by atoms with van der Waals surface area (Å²) >= 11 is 1.07. The van der Waals surface area contributed by atoms with Crippen LogP contribution in [-0.2, 0) is 11.0 Å². The highest BCUT2D eigenvalue weighted by molar-refractivity contribution is 7.12. The van der Waals surface area contributed by atoms with Crippen molar-refractivity contribution in [1.29, 1.82) is 0 Å². The number of thiazole rings is 1. The lowest BCUT2D eigenvalue weighted by Crippen LogP contribution is -2.27. The van der Waals surface area contributed by atoms with Gasteiger partial charge in [-0.3, -0.25) is 4.79 Å². The fourth-order valence-electron chi connectivity index (χ4n) is 2.21. The maximum atomic E-state index is 13.0. The summed E-state index contributed by atoms with van der Waals surface area (Å²) in [6, 6.07) is 7.88. The Labute approximate surface area is 157 Å². The van der Waals surface area contributed by atoms with E-state index < -0.39 is 17.3 Å². The highest BCUT2D eigenvalue weighted by atomic mass is 32.1. The minimum Gasteiger partial charge on any atom is -0.326 e. The lowest BCUT2D eigenvalue weighted by molar-refractivity contribution is -0.142. The molecular formula is C18H17F3N4OS. The molecule has 5 nitrogen and oxygen atoms in total. The molecule has 1 amide bonds. The standard InChI is InChI=1S/C18H17F3N4OS/c1-17(2,3)15(26)23-12-6-4-11(5-7-12)13-10-27-16(24-13)25-14(8-9-22-25)18(19,20)21/h4-10H,1-3H3,(H,23,26). The fraction of sp³-hybridized carbons (Fsp3) is 0.278. The predicted octanol–water partition coefficient (Wildman–Crippen LogP) is 5.00. The first-order valence-electron chi connectivity index (χ1n) is 8.05. The summed E-state index contributed by atoms with van der Waals surface area (Å²) in [5, 5.41) is 8.34. The van der Waals surface area contributed by atoms with Crippen molar-refractivity contribution in [1.82, 2.24) is 14.8 Å². The number of carbonyl (C=O) groups excluding carboxylic acids is 1. The third-order valence-electron chi connectivity index (χ3n) is 3.73. The number of rotatable bonds is 3. The average molecular weight is 394 g/mol. The third-order valence-corrected chi connectivity index (χ3v) is 4.54. The van der Waals surface area contributed by atoms with Crippen molar-refractivity contribution in [2.75, 3.05) is 5.32 Å². The molecule has 0 fully saturated rings. The molecule has 3 rings (SSSR count). The van der Waals surface area contributed by atoms with Crippen LogP contribution in [0.1, 0.15) is 26.5 Å². The third kappa shape index (κ3) is 4.19. The second kappa shape index (κ2) is 6.80. The van der Waals surface area contributed by atoms with Gasteiger partial charge in [0, 0.05) is 22.0 Å². The van der Waals surface area contributed by atoms with E-state index in [4.69, 9.17) is 0 Å². The van der Waals surface area contributed by atoms with Crippen LogP contribution in [0.5, 0.6) is 0 Å². The molecule has 0 spiro atoms. The van der Waals surface area contributed by atoms with Gasteiger partial charge in [0.25, 0.3) is 0 Å². The zero-order chi connectivity index (χ0) is 19.8. The number of aromatic nitrogens is 3. The maximum Gasteiger partial charge on any atom is 0.433 e. The molecule has 0 bridgehead atoms. The van der Waals surface area contributed by atoms with Gasteiger partial charge in [0.1, 0.15) is 0 Å². The van der Waals surface area contributed by atoms with Crippen LogP contribution >= 0.6 is 11.3 Å². The van der Waals surface area contributed by atoms with E-state index in [1.807, 2.05) is 20.8 Å².